The molecule has 0 atom stereocenters. The number of halogens is 1. The van der Waals surface area contributed by atoms with E-state index in [9.17, 15) is 4.79 Å². The van der Waals surface area contributed by atoms with Gasteiger partial charge in [0, 0.05) is 18.4 Å². The molecule has 0 saturated heterocycles. The second-order valence-corrected chi connectivity index (χ2v) is 5.02. The highest BCUT2D eigenvalue weighted by Crippen LogP contribution is 2.21. The Morgan fingerprint density at radius 3 is 2.58 bits per heavy atom. The SMILES string of the molecule is CCN(C(=O)c1ccc(Br)nc1)c1ccccc1C. The van der Waals surface area contributed by atoms with Gasteiger partial charge < -0.3 is 4.90 Å². The highest BCUT2D eigenvalue weighted by Gasteiger charge is 2.17. The summed E-state index contributed by atoms with van der Waals surface area (Å²) in [4.78, 5) is 18.4. The molecule has 4 heteroatoms. The van der Waals surface area contributed by atoms with E-state index in [2.05, 4.69) is 20.9 Å². The van der Waals surface area contributed by atoms with Crippen molar-refractivity contribution in [3.05, 3.63) is 58.3 Å². The summed E-state index contributed by atoms with van der Waals surface area (Å²) in [5.74, 6) is -0.0307. The third-order valence-corrected chi connectivity index (χ3v) is 3.41. The molecule has 1 amide bonds. The summed E-state index contributed by atoms with van der Waals surface area (Å²) in [6.07, 6.45) is 1.59. The molecule has 0 aliphatic heterocycles. The molecule has 2 rings (SSSR count). The minimum atomic E-state index is -0.0307. The molecule has 0 bridgehead atoms. The number of aromatic nitrogens is 1. The van der Waals surface area contributed by atoms with E-state index >= 15 is 0 Å². The molecular weight excluding hydrogens is 304 g/mol. The van der Waals surface area contributed by atoms with Crippen molar-refractivity contribution in [2.24, 2.45) is 0 Å². The summed E-state index contributed by atoms with van der Waals surface area (Å²) in [7, 11) is 0. The first-order valence-electron chi connectivity index (χ1n) is 6.12. The Hall–Kier alpha value is -1.68. The lowest BCUT2D eigenvalue weighted by atomic mass is 10.1. The predicted octanol–water partition coefficient (Wildman–Crippen LogP) is 3.82. The van der Waals surface area contributed by atoms with E-state index < -0.39 is 0 Å². The number of pyridine rings is 1. The van der Waals surface area contributed by atoms with Crippen LogP contribution in [-0.2, 0) is 0 Å². The fourth-order valence-electron chi connectivity index (χ4n) is 1.95. The molecular formula is C15H15BrN2O. The number of anilines is 1. The Morgan fingerprint density at radius 2 is 2.00 bits per heavy atom. The summed E-state index contributed by atoms with van der Waals surface area (Å²) in [5.41, 5.74) is 2.62. The lowest BCUT2D eigenvalue weighted by Crippen LogP contribution is -2.31. The van der Waals surface area contributed by atoms with Crippen molar-refractivity contribution in [2.75, 3.05) is 11.4 Å². The van der Waals surface area contributed by atoms with Crippen molar-refractivity contribution >= 4 is 27.5 Å². The number of hydrogen-bond acceptors (Lipinski definition) is 2. The van der Waals surface area contributed by atoms with E-state index in [1.165, 1.54) is 0 Å². The van der Waals surface area contributed by atoms with Crippen LogP contribution < -0.4 is 4.90 Å². The molecule has 0 radical (unpaired) electrons. The molecule has 0 spiro atoms. The number of amides is 1. The summed E-state index contributed by atoms with van der Waals surface area (Å²) in [6.45, 7) is 4.60. The number of para-hydroxylation sites is 1. The van der Waals surface area contributed by atoms with Crippen LogP contribution in [0.2, 0.25) is 0 Å². The highest BCUT2D eigenvalue weighted by atomic mass is 79.9. The van der Waals surface area contributed by atoms with E-state index in [0.29, 0.717) is 12.1 Å². The van der Waals surface area contributed by atoms with Crippen LogP contribution in [0.3, 0.4) is 0 Å². The van der Waals surface area contributed by atoms with Crippen molar-refractivity contribution in [3.8, 4) is 0 Å². The van der Waals surface area contributed by atoms with Gasteiger partial charge in [-0.25, -0.2) is 4.98 Å². The van der Waals surface area contributed by atoms with E-state index in [4.69, 9.17) is 0 Å². The Morgan fingerprint density at radius 1 is 1.26 bits per heavy atom. The third-order valence-electron chi connectivity index (χ3n) is 2.94. The fourth-order valence-corrected chi connectivity index (χ4v) is 2.18. The summed E-state index contributed by atoms with van der Waals surface area (Å²) in [5, 5.41) is 0. The highest BCUT2D eigenvalue weighted by molar-refractivity contribution is 9.10. The average molecular weight is 319 g/mol. The molecule has 0 aliphatic carbocycles. The van der Waals surface area contributed by atoms with Crippen LogP contribution in [0.4, 0.5) is 5.69 Å². The number of hydrogen-bond donors (Lipinski definition) is 0. The van der Waals surface area contributed by atoms with Gasteiger partial charge in [-0.15, -0.1) is 0 Å². The molecule has 0 N–H and O–H groups in total. The van der Waals surface area contributed by atoms with Gasteiger partial charge in [-0.1, -0.05) is 18.2 Å². The Kier molecular flexibility index (Phi) is 4.32. The minimum Gasteiger partial charge on any atom is -0.308 e. The van der Waals surface area contributed by atoms with E-state index in [1.807, 2.05) is 38.1 Å². The first-order valence-corrected chi connectivity index (χ1v) is 6.92. The standard InChI is InChI=1S/C15H15BrN2O/c1-3-18(13-7-5-4-6-11(13)2)15(19)12-8-9-14(16)17-10-12/h4-10H,3H2,1-2H3. The molecule has 0 aliphatic rings. The molecule has 19 heavy (non-hydrogen) atoms. The van der Waals surface area contributed by atoms with Gasteiger partial charge in [-0.3, -0.25) is 4.79 Å². The van der Waals surface area contributed by atoms with Gasteiger partial charge in [0.25, 0.3) is 5.91 Å². The van der Waals surface area contributed by atoms with Gasteiger partial charge in [0.15, 0.2) is 0 Å². The zero-order chi connectivity index (χ0) is 13.8. The van der Waals surface area contributed by atoms with Crippen molar-refractivity contribution in [1.29, 1.82) is 0 Å². The quantitative estimate of drug-likeness (QED) is 0.806. The maximum Gasteiger partial charge on any atom is 0.259 e. The molecule has 2 aromatic rings. The molecule has 0 fully saturated rings. The second kappa shape index (κ2) is 5.97. The van der Waals surface area contributed by atoms with Gasteiger partial charge in [0.2, 0.25) is 0 Å². The van der Waals surface area contributed by atoms with Gasteiger partial charge >= 0.3 is 0 Å². The number of rotatable bonds is 3. The first kappa shape index (κ1) is 13.7. The fraction of sp³-hybridized carbons (Fsp3) is 0.200. The molecule has 1 aromatic heterocycles. The smallest absolute Gasteiger partial charge is 0.259 e. The molecule has 0 unspecified atom stereocenters. The normalized spacial score (nSPS) is 10.3. The van der Waals surface area contributed by atoms with Crippen LogP contribution in [0.25, 0.3) is 0 Å². The lowest BCUT2D eigenvalue weighted by molar-refractivity contribution is 0.0988. The van der Waals surface area contributed by atoms with Crippen molar-refractivity contribution in [2.45, 2.75) is 13.8 Å². The van der Waals surface area contributed by atoms with Crippen LogP contribution in [0.5, 0.6) is 0 Å². The van der Waals surface area contributed by atoms with Crippen LogP contribution in [0.15, 0.2) is 47.2 Å². The molecule has 0 saturated carbocycles. The van der Waals surface area contributed by atoms with Gasteiger partial charge in [0.05, 0.1) is 5.56 Å². The van der Waals surface area contributed by atoms with Crippen molar-refractivity contribution in [3.63, 3.8) is 0 Å². The topological polar surface area (TPSA) is 33.2 Å². The van der Waals surface area contributed by atoms with Gasteiger partial charge in [-0.05, 0) is 53.5 Å². The van der Waals surface area contributed by atoms with Crippen molar-refractivity contribution < 1.29 is 4.79 Å². The summed E-state index contributed by atoms with van der Waals surface area (Å²) >= 11 is 3.27. The Balaban J connectivity index is 2.35. The van der Waals surface area contributed by atoms with Crippen LogP contribution in [0.1, 0.15) is 22.8 Å². The summed E-state index contributed by atoms with van der Waals surface area (Å²) in [6, 6.07) is 11.4. The zero-order valence-electron chi connectivity index (χ0n) is 10.9. The number of nitrogens with zero attached hydrogens (tertiary/aromatic N) is 2. The number of carbonyl (C=O) groups is 1. The van der Waals surface area contributed by atoms with E-state index in [1.54, 1.807) is 23.2 Å². The maximum atomic E-state index is 12.5. The maximum absolute atomic E-state index is 12.5. The minimum absolute atomic E-state index is 0.0307. The number of aryl methyl sites for hydroxylation is 1. The first-order chi connectivity index (χ1) is 9.13. The van der Waals surface area contributed by atoms with Gasteiger partial charge in [-0.2, -0.15) is 0 Å². The predicted molar refractivity (Wildman–Crippen MR) is 80.5 cm³/mol. The molecule has 98 valence electrons. The van der Waals surface area contributed by atoms with Crippen LogP contribution in [0, 0.1) is 6.92 Å². The number of carbonyl (C=O) groups excluding carboxylic acids is 1. The molecule has 1 aromatic carbocycles. The zero-order valence-corrected chi connectivity index (χ0v) is 12.5. The number of benzene rings is 1. The monoisotopic (exact) mass is 318 g/mol. The van der Waals surface area contributed by atoms with E-state index in [0.717, 1.165) is 15.9 Å². The lowest BCUT2D eigenvalue weighted by Gasteiger charge is -2.22. The van der Waals surface area contributed by atoms with Crippen molar-refractivity contribution in [1.82, 2.24) is 4.98 Å². The summed E-state index contributed by atoms with van der Waals surface area (Å²) < 4.78 is 0.725. The average Bonchev–Trinajstić information content (AvgIpc) is 2.42. The van der Waals surface area contributed by atoms with Crippen LogP contribution in [-0.4, -0.2) is 17.4 Å². The Labute approximate surface area is 121 Å². The van der Waals surface area contributed by atoms with Gasteiger partial charge in [0.1, 0.15) is 4.60 Å². The Bertz CT molecular complexity index is 581. The third kappa shape index (κ3) is 3.01. The molecule has 1 heterocycles. The van der Waals surface area contributed by atoms with Crippen LogP contribution >= 0.6 is 15.9 Å². The largest absolute Gasteiger partial charge is 0.308 e. The second-order valence-electron chi connectivity index (χ2n) is 4.21. The molecule has 3 nitrogen and oxygen atoms in total. The van der Waals surface area contributed by atoms with E-state index in [-0.39, 0.29) is 5.91 Å².